The summed E-state index contributed by atoms with van der Waals surface area (Å²) in [5.41, 5.74) is 0. The molecule has 2 saturated heterocycles. The van der Waals surface area contributed by atoms with Gasteiger partial charge in [0.1, 0.15) is 42.7 Å². The summed E-state index contributed by atoms with van der Waals surface area (Å²) >= 11 is 0. The van der Waals surface area contributed by atoms with Crippen molar-refractivity contribution < 1.29 is 59.5 Å². The Labute approximate surface area is 237 Å². The van der Waals surface area contributed by atoms with Gasteiger partial charge in [0.05, 0.1) is 19.1 Å². The van der Waals surface area contributed by atoms with Crippen LogP contribution >= 0.6 is 0 Å². The predicted molar refractivity (Wildman–Crippen MR) is 143 cm³/mol. The maximum Gasteiger partial charge on any atom is 0.309 e. The molecule has 2 heterocycles. The first-order chi connectivity index (χ1) is 19.2. The predicted octanol–water partition coefficient (Wildman–Crippen LogP) is 0.491. The number of hydrogen-bond acceptors (Lipinski definition) is 12. The molecule has 12 heteroatoms. The van der Waals surface area contributed by atoms with E-state index in [0.717, 1.165) is 57.8 Å². The lowest BCUT2D eigenvalue weighted by molar-refractivity contribution is -0.377. The molecular formula is C28H52O12. The van der Waals surface area contributed by atoms with E-state index in [1.807, 2.05) is 0 Å². The van der Waals surface area contributed by atoms with Gasteiger partial charge in [0.2, 0.25) is 6.29 Å². The third kappa shape index (κ3) is 10.1. The lowest BCUT2D eigenvalue weighted by Gasteiger charge is -2.45. The first kappa shape index (κ1) is 35.3. The number of unbranched alkanes of at least 4 members (excludes halogenated alkanes) is 8. The van der Waals surface area contributed by atoms with Gasteiger partial charge in [0, 0.05) is 0 Å². The summed E-state index contributed by atoms with van der Waals surface area (Å²) in [7, 11) is 0. The second-order valence-electron chi connectivity index (χ2n) is 11.0. The number of esters is 1. The average molecular weight is 581 g/mol. The van der Waals surface area contributed by atoms with Crippen molar-refractivity contribution in [3.05, 3.63) is 0 Å². The number of aliphatic hydroxyl groups is 7. The van der Waals surface area contributed by atoms with Gasteiger partial charge in [-0.25, -0.2) is 0 Å². The normalized spacial score (nSPS) is 35.4. The van der Waals surface area contributed by atoms with Crippen LogP contribution in [0.25, 0.3) is 0 Å². The highest BCUT2D eigenvalue weighted by Gasteiger charge is 2.51. The lowest BCUT2D eigenvalue weighted by Crippen LogP contribution is -2.64. The third-order valence-corrected chi connectivity index (χ3v) is 7.84. The molecule has 0 amide bonds. The van der Waals surface area contributed by atoms with Crippen molar-refractivity contribution in [3.8, 4) is 0 Å². The molecule has 0 saturated carbocycles. The Morgan fingerprint density at radius 2 is 1.12 bits per heavy atom. The van der Waals surface area contributed by atoms with Crippen LogP contribution in [0.15, 0.2) is 0 Å². The molecular weight excluding hydrogens is 528 g/mol. The van der Waals surface area contributed by atoms with Gasteiger partial charge in [0.15, 0.2) is 12.4 Å². The Bertz CT molecular complexity index is 694. The standard InChI is InChI=1S/C28H52O12/c1-3-5-7-9-10-12-14-17(13-11-8-6-4-2)26(36)39-25-23(34)21(32)19(16-30)38-28(25)40-27-24(35)22(33)20(31)18(15-29)37-27/h17-25,27-35H,3-16H2,1-2H3/t17?,18-,19-,20-,21-,22+,23+,24-,25-,27-,28-/m1/s1. The molecule has 0 aromatic heterocycles. The molecule has 11 atom stereocenters. The van der Waals surface area contributed by atoms with Crippen LogP contribution in [0.1, 0.15) is 90.9 Å². The number of hydrogen-bond donors (Lipinski definition) is 7. The van der Waals surface area contributed by atoms with Crippen LogP contribution in [0.5, 0.6) is 0 Å². The van der Waals surface area contributed by atoms with Crippen molar-refractivity contribution >= 4 is 5.97 Å². The van der Waals surface area contributed by atoms with Crippen molar-refractivity contribution in [1.29, 1.82) is 0 Å². The molecule has 7 N–H and O–H groups in total. The van der Waals surface area contributed by atoms with Gasteiger partial charge in [-0.05, 0) is 12.8 Å². The van der Waals surface area contributed by atoms with Crippen LogP contribution < -0.4 is 0 Å². The van der Waals surface area contributed by atoms with Gasteiger partial charge in [0.25, 0.3) is 0 Å². The molecule has 2 rings (SSSR count). The Morgan fingerprint density at radius 3 is 1.68 bits per heavy atom. The highest BCUT2D eigenvalue weighted by molar-refractivity contribution is 5.72. The van der Waals surface area contributed by atoms with E-state index in [9.17, 15) is 40.5 Å². The van der Waals surface area contributed by atoms with Gasteiger partial charge in [-0.1, -0.05) is 78.1 Å². The molecule has 0 aromatic rings. The van der Waals surface area contributed by atoms with E-state index in [4.69, 9.17) is 18.9 Å². The smallest absolute Gasteiger partial charge is 0.309 e. The fourth-order valence-electron chi connectivity index (χ4n) is 5.20. The molecule has 40 heavy (non-hydrogen) atoms. The van der Waals surface area contributed by atoms with E-state index in [2.05, 4.69) is 13.8 Å². The molecule has 2 aliphatic heterocycles. The van der Waals surface area contributed by atoms with E-state index in [1.165, 1.54) is 6.42 Å². The molecule has 12 nitrogen and oxygen atoms in total. The molecule has 0 bridgehead atoms. The van der Waals surface area contributed by atoms with Gasteiger partial charge in [-0.2, -0.15) is 0 Å². The van der Waals surface area contributed by atoms with Crippen molar-refractivity contribution in [2.75, 3.05) is 13.2 Å². The van der Waals surface area contributed by atoms with Crippen molar-refractivity contribution in [2.45, 2.75) is 152 Å². The number of ether oxygens (including phenoxy) is 4. The minimum atomic E-state index is -1.77. The molecule has 2 aliphatic rings. The Hall–Kier alpha value is -0.930. The minimum absolute atomic E-state index is 0.434. The van der Waals surface area contributed by atoms with Crippen molar-refractivity contribution in [2.24, 2.45) is 5.92 Å². The van der Waals surface area contributed by atoms with Crippen LogP contribution in [-0.4, -0.2) is 116 Å². The maximum absolute atomic E-state index is 13.4. The summed E-state index contributed by atoms with van der Waals surface area (Å²) < 4.78 is 22.3. The lowest BCUT2D eigenvalue weighted by atomic mass is 9.93. The summed E-state index contributed by atoms with van der Waals surface area (Å²) in [4.78, 5) is 13.4. The fourth-order valence-corrected chi connectivity index (χ4v) is 5.20. The summed E-state index contributed by atoms with van der Waals surface area (Å²) in [5, 5.41) is 71.0. The van der Waals surface area contributed by atoms with E-state index in [0.29, 0.717) is 12.8 Å². The third-order valence-electron chi connectivity index (χ3n) is 7.84. The van der Waals surface area contributed by atoms with Crippen LogP contribution in [0.4, 0.5) is 0 Å². The molecule has 1 unspecified atom stereocenters. The van der Waals surface area contributed by atoms with Crippen LogP contribution in [0.2, 0.25) is 0 Å². The van der Waals surface area contributed by atoms with E-state index in [1.54, 1.807) is 0 Å². The van der Waals surface area contributed by atoms with Gasteiger partial charge in [-0.15, -0.1) is 0 Å². The summed E-state index contributed by atoms with van der Waals surface area (Å²) in [5.74, 6) is -1.01. The largest absolute Gasteiger partial charge is 0.454 e. The Morgan fingerprint density at radius 1 is 0.650 bits per heavy atom. The molecule has 236 valence electrons. The highest BCUT2D eigenvalue weighted by atomic mass is 16.8. The van der Waals surface area contributed by atoms with Gasteiger partial charge < -0.3 is 54.7 Å². The van der Waals surface area contributed by atoms with Crippen LogP contribution in [-0.2, 0) is 23.7 Å². The first-order valence-electron chi connectivity index (χ1n) is 15.0. The molecule has 0 aliphatic carbocycles. The van der Waals surface area contributed by atoms with Crippen molar-refractivity contribution in [1.82, 2.24) is 0 Å². The fraction of sp³-hybridized carbons (Fsp3) is 0.964. The average Bonchev–Trinajstić information content (AvgIpc) is 2.95. The number of carbonyl (C=O) groups is 1. The van der Waals surface area contributed by atoms with Crippen LogP contribution in [0, 0.1) is 5.92 Å². The highest BCUT2D eigenvalue weighted by Crippen LogP contribution is 2.31. The molecule has 0 aromatic carbocycles. The quantitative estimate of drug-likeness (QED) is 0.0877. The molecule has 2 fully saturated rings. The monoisotopic (exact) mass is 580 g/mol. The second kappa shape index (κ2) is 18.6. The molecule has 0 radical (unpaired) electrons. The van der Waals surface area contributed by atoms with Crippen LogP contribution in [0.3, 0.4) is 0 Å². The number of carbonyl (C=O) groups excluding carboxylic acids is 1. The SMILES string of the molecule is CCCCCCCCC(CCCCCC)C(=O)O[C@H]1[C@@H](O[C@H]2O[C@H](CO)[C@@H](O)[C@H](O)[C@H]2O)O[C@H](CO)[C@@H](O)[C@@H]1O. The van der Waals surface area contributed by atoms with Gasteiger partial charge in [-0.3, -0.25) is 4.79 Å². The number of aliphatic hydroxyl groups excluding tert-OH is 7. The van der Waals surface area contributed by atoms with Gasteiger partial charge >= 0.3 is 5.97 Å². The Kier molecular flexibility index (Phi) is 16.4. The maximum atomic E-state index is 13.4. The summed E-state index contributed by atoms with van der Waals surface area (Å²) in [6, 6.07) is 0. The zero-order valence-electron chi connectivity index (χ0n) is 23.9. The zero-order chi connectivity index (χ0) is 29.7. The Balaban J connectivity index is 2.14. The van der Waals surface area contributed by atoms with E-state index < -0.39 is 86.5 Å². The first-order valence-corrected chi connectivity index (χ1v) is 15.0. The van der Waals surface area contributed by atoms with E-state index in [-0.39, 0.29) is 0 Å². The summed E-state index contributed by atoms with van der Waals surface area (Å²) in [6.07, 6.45) is -4.21. The van der Waals surface area contributed by atoms with Crippen molar-refractivity contribution in [3.63, 3.8) is 0 Å². The zero-order valence-corrected chi connectivity index (χ0v) is 23.9. The molecule has 0 spiro atoms. The van der Waals surface area contributed by atoms with E-state index >= 15 is 0 Å². The number of rotatable bonds is 18. The minimum Gasteiger partial charge on any atom is -0.454 e. The second-order valence-corrected chi connectivity index (χ2v) is 11.0. The summed E-state index contributed by atoms with van der Waals surface area (Å²) in [6.45, 7) is 2.88. The topological polar surface area (TPSA) is 196 Å².